The van der Waals surface area contributed by atoms with Crippen molar-refractivity contribution in [1.82, 2.24) is 9.97 Å². The summed E-state index contributed by atoms with van der Waals surface area (Å²) in [7, 11) is 0. The molecule has 2 heterocycles. The smallest absolute Gasteiger partial charge is 0.171 e. The summed E-state index contributed by atoms with van der Waals surface area (Å²) in [5.41, 5.74) is 0. The van der Waals surface area contributed by atoms with Gasteiger partial charge in [0.05, 0.1) is 18.8 Å². The summed E-state index contributed by atoms with van der Waals surface area (Å²) in [6.07, 6.45) is 4.51. The summed E-state index contributed by atoms with van der Waals surface area (Å²) in [5.74, 6) is 0.770. The number of rotatable bonds is 2. The minimum atomic E-state index is 0.209. The van der Waals surface area contributed by atoms with Gasteiger partial charge in [-0.2, -0.15) is 0 Å². The van der Waals surface area contributed by atoms with E-state index >= 15 is 0 Å². The Morgan fingerprint density at radius 3 is 2.94 bits per heavy atom. The van der Waals surface area contributed by atoms with Crippen LogP contribution >= 0.6 is 11.6 Å². The standard InChI is InChI=1S/C11H16ClN3O/c1-3-9-7-16-8(2)6-15(9)11-10(12)13-4-5-14-11/h4-5,8-9H,3,6-7H2,1-2H3. The van der Waals surface area contributed by atoms with E-state index in [0.717, 1.165) is 25.4 Å². The lowest BCUT2D eigenvalue weighted by Gasteiger charge is -2.39. The third kappa shape index (κ3) is 2.28. The Bertz CT molecular complexity index is 361. The number of ether oxygens (including phenoxy) is 1. The van der Waals surface area contributed by atoms with Gasteiger partial charge in [-0.25, -0.2) is 9.97 Å². The predicted octanol–water partition coefficient (Wildman–Crippen LogP) is 2.13. The first-order chi connectivity index (χ1) is 7.72. The first-order valence-corrected chi connectivity index (χ1v) is 5.95. The Balaban J connectivity index is 2.26. The van der Waals surface area contributed by atoms with Crippen molar-refractivity contribution in [2.45, 2.75) is 32.4 Å². The van der Waals surface area contributed by atoms with Gasteiger partial charge in [0.25, 0.3) is 0 Å². The highest BCUT2D eigenvalue weighted by Crippen LogP contribution is 2.26. The van der Waals surface area contributed by atoms with Gasteiger partial charge in [-0.1, -0.05) is 18.5 Å². The Kier molecular flexibility index (Phi) is 3.61. The summed E-state index contributed by atoms with van der Waals surface area (Å²) in [6, 6.07) is 0.338. The highest BCUT2D eigenvalue weighted by molar-refractivity contribution is 6.31. The molecule has 0 aromatic carbocycles. The lowest BCUT2D eigenvalue weighted by atomic mass is 10.1. The fourth-order valence-corrected chi connectivity index (χ4v) is 2.16. The normalized spacial score (nSPS) is 25.8. The third-order valence-corrected chi connectivity index (χ3v) is 3.11. The van der Waals surface area contributed by atoms with Crippen LogP contribution in [0.5, 0.6) is 0 Å². The molecule has 1 aromatic heterocycles. The van der Waals surface area contributed by atoms with Crippen molar-refractivity contribution in [1.29, 1.82) is 0 Å². The number of morpholine rings is 1. The first-order valence-electron chi connectivity index (χ1n) is 5.57. The van der Waals surface area contributed by atoms with E-state index in [0.29, 0.717) is 11.2 Å². The van der Waals surface area contributed by atoms with Gasteiger partial charge < -0.3 is 9.64 Å². The molecule has 0 spiro atoms. The Hall–Kier alpha value is -0.870. The van der Waals surface area contributed by atoms with Gasteiger partial charge in [0.15, 0.2) is 11.0 Å². The Labute approximate surface area is 101 Å². The van der Waals surface area contributed by atoms with E-state index in [2.05, 4.69) is 28.7 Å². The van der Waals surface area contributed by atoms with Gasteiger partial charge in [-0.05, 0) is 13.3 Å². The van der Waals surface area contributed by atoms with Crippen molar-refractivity contribution >= 4 is 17.4 Å². The van der Waals surface area contributed by atoms with Crippen molar-refractivity contribution in [2.75, 3.05) is 18.1 Å². The second-order valence-electron chi connectivity index (χ2n) is 4.03. The number of nitrogens with zero attached hydrogens (tertiary/aromatic N) is 3. The minimum Gasteiger partial charge on any atom is -0.375 e. The molecule has 0 aliphatic carbocycles. The van der Waals surface area contributed by atoms with Crippen LogP contribution < -0.4 is 4.90 Å². The van der Waals surface area contributed by atoms with Crippen molar-refractivity contribution in [3.05, 3.63) is 17.5 Å². The molecular weight excluding hydrogens is 226 g/mol. The number of halogens is 1. The first kappa shape index (κ1) is 11.6. The van der Waals surface area contributed by atoms with Gasteiger partial charge in [0.1, 0.15) is 0 Å². The maximum atomic E-state index is 6.07. The van der Waals surface area contributed by atoms with Gasteiger partial charge >= 0.3 is 0 Å². The maximum Gasteiger partial charge on any atom is 0.171 e. The van der Waals surface area contributed by atoms with Gasteiger partial charge in [0.2, 0.25) is 0 Å². The molecule has 2 unspecified atom stereocenters. The van der Waals surface area contributed by atoms with Crippen molar-refractivity contribution in [3.63, 3.8) is 0 Å². The molecule has 4 nitrogen and oxygen atoms in total. The van der Waals surface area contributed by atoms with E-state index in [9.17, 15) is 0 Å². The highest BCUT2D eigenvalue weighted by atomic mass is 35.5. The van der Waals surface area contributed by atoms with Crippen LogP contribution in [0.1, 0.15) is 20.3 Å². The third-order valence-electron chi connectivity index (χ3n) is 2.85. The fraction of sp³-hybridized carbons (Fsp3) is 0.636. The van der Waals surface area contributed by atoms with Crippen LogP contribution in [0.15, 0.2) is 12.4 Å². The summed E-state index contributed by atoms with van der Waals surface area (Å²) >= 11 is 6.07. The zero-order valence-electron chi connectivity index (χ0n) is 9.56. The molecule has 1 aliphatic rings. The minimum absolute atomic E-state index is 0.209. The lowest BCUT2D eigenvalue weighted by molar-refractivity contribution is 0.0296. The van der Waals surface area contributed by atoms with Gasteiger partial charge in [0, 0.05) is 18.9 Å². The second-order valence-corrected chi connectivity index (χ2v) is 4.39. The largest absolute Gasteiger partial charge is 0.375 e. The van der Waals surface area contributed by atoms with Gasteiger partial charge in [-0.3, -0.25) is 0 Å². The summed E-state index contributed by atoms with van der Waals surface area (Å²) in [4.78, 5) is 10.6. The number of aromatic nitrogens is 2. The summed E-state index contributed by atoms with van der Waals surface area (Å²) < 4.78 is 5.64. The average molecular weight is 242 g/mol. The molecule has 0 N–H and O–H groups in total. The van der Waals surface area contributed by atoms with Crippen LogP contribution in [0.2, 0.25) is 5.15 Å². The molecule has 2 atom stereocenters. The molecule has 0 bridgehead atoms. The zero-order chi connectivity index (χ0) is 11.5. The summed E-state index contributed by atoms with van der Waals surface area (Å²) in [5, 5.41) is 0.468. The van der Waals surface area contributed by atoms with Gasteiger partial charge in [-0.15, -0.1) is 0 Å². The van der Waals surface area contributed by atoms with E-state index in [4.69, 9.17) is 16.3 Å². The molecular formula is C11H16ClN3O. The van der Waals surface area contributed by atoms with Crippen molar-refractivity contribution in [3.8, 4) is 0 Å². The maximum absolute atomic E-state index is 6.07. The molecule has 0 radical (unpaired) electrons. The fourth-order valence-electron chi connectivity index (χ4n) is 1.95. The molecule has 1 aliphatic heterocycles. The molecule has 88 valence electrons. The Morgan fingerprint density at radius 1 is 1.50 bits per heavy atom. The zero-order valence-corrected chi connectivity index (χ0v) is 10.3. The average Bonchev–Trinajstić information content (AvgIpc) is 2.29. The molecule has 16 heavy (non-hydrogen) atoms. The number of hydrogen-bond donors (Lipinski definition) is 0. The van der Waals surface area contributed by atoms with Crippen LogP contribution in [0.25, 0.3) is 0 Å². The van der Waals surface area contributed by atoms with E-state index in [1.165, 1.54) is 0 Å². The topological polar surface area (TPSA) is 38.2 Å². The Morgan fingerprint density at radius 2 is 2.25 bits per heavy atom. The van der Waals surface area contributed by atoms with Crippen LogP contribution in [0.3, 0.4) is 0 Å². The number of hydrogen-bond acceptors (Lipinski definition) is 4. The molecule has 1 saturated heterocycles. The highest BCUT2D eigenvalue weighted by Gasteiger charge is 2.28. The van der Waals surface area contributed by atoms with Crippen LogP contribution in [0, 0.1) is 0 Å². The summed E-state index contributed by atoms with van der Waals surface area (Å²) in [6.45, 7) is 5.74. The van der Waals surface area contributed by atoms with Crippen molar-refractivity contribution < 1.29 is 4.74 Å². The van der Waals surface area contributed by atoms with E-state index < -0.39 is 0 Å². The van der Waals surface area contributed by atoms with Crippen molar-refractivity contribution in [2.24, 2.45) is 0 Å². The van der Waals surface area contributed by atoms with Crippen LogP contribution in [0.4, 0.5) is 5.82 Å². The van der Waals surface area contributed by atoms with Crippen LogP contribution in [-0.4, -0.2) is 35.3 Å². The SMILES string of the molecule is CCC1COC(C)CN1c1nccnc1Cl. The molecule has 1 aromatic rings. The number of anilines is 1. The predicted molar refractivity (Wildman–Crippen MR) is 63.9 cm³/mol. The van der Waals surface area contributed by atoms with E-state index in [1.54, 1.807) is 12.4 Å². The monoisotopic (exact) mass is 241 g/mol. The molecule has 2 rings (SSSR count). The molecule has 0 saturated carbocycles. The van der Waals surface area contributed by atoms with E-state index in [-0.39, 0.29) is 6.10 Å². The molecule has 5 heteroatoms. The second kappa shape index (κ2) is 4.97. The molecule has 0 amide bonds. The molecule has 1 fully saturated rings. The van der Waals surface area contributed by atoms with Crippen LogP contribution in [-0.2, 0) is 4.74 Å². The quantitative estimate of drug-likeness (QED) is 0.795. The van der Waals surface area contributed by atoms with E-state index in [1.807, 2.05) is 0 Å². The lowest BCUT2D eigenvalue weighted by Crippen LogP contribution is -2.49.